The molecular weight excluding hydrogens is 528 g/mol. The number of nitrogens with two attached hydrogens (primary N) is 2. The number of nitrogens with one attached hydrogen (secondary N) is 1. The first kappa shape index (κ1) is 29.4. The third-order valence-corrected chi connectivity index (χ3v) is 7.56. The van der Waals surface area contributed by atoms with Crippen molar-refractivity contribution in [2.45, 2.75) is 43.4 Å². The van der Waals surface area contributed by atoms with Gasteiger partial charge >= 0.3 is 6.18 Å². The topological polar surface area (TPSA) is 132 Å². The molecule has 38 heavy (non-hydrogen) atoms. The second-order valence-corrected chi connectivity index (χ2v) is 10.1. The number of rotatable bonds is 5. The Labute approximate surface area is 222 Å². The number of carbonyl (C=O) groups is 1. The molecule has 2 aliphatic rings. The zero-order valence-corrected chi connectivity index (χ0v) is 21.9. The van der Waals surface area contributed by atoms with Gasteiger partial charge in [-0.25, -0.2) is 4.39 Å². The number of hydrogen-bond donors (Lipinski definition) is 4. The van der Waals surface area contributed by atoms with E-state index >= 15 is 0 Å². The van der Waals surface area contributed by atoms with Crippen LogP contribution < -0.4 is 16.8 Å². The van der Waals surface area contributed by atoms with Crippen molar-refractivity contribution in [3.63, 3.8) is 0 Å². The van der Waals surface area contributed by atoms with Gasteiger partial charge in [0.25, 0.3) is 0 Å². The molecule has 1 aromatic heterocycles. The molecule has 0 aliphatic heterocycles. The molecule has 0 bridgehead atoms. The third kappa shape index (κ3) is 5.96. The van der Waals surface area contributed by atoms with Gasteiger partial charge in [0.05, 0.1) is 21.9 Å². The maximum atomic E-state index is 13.1. The number of aliphatic hydroxyl groups is 1. The van der Waals surface area contributed by atoms with Gasteiger partial charge in [-0.3, -0.25) is 14.5 Å². The lowest BCUT2D eigenvalue weighted by Gasteiger charge is -2.28. The number of aryl methyl sites for hydroxylation is 1. The number of allylic oxidation sites excluding steroid dienone is 1. The van der Waals surface area contributed by atoms with E-state index in [1.165, 1.54) is 23.9 Å². The average molecular weight is 559 g/mol. The van der Waals surface area contributed by atoms with Crippen molar-refractivity contribution in [2.75, 3.05) is 25.1 Å². The molecule has 0 spiro atoms. The Morgan fingerprint density at radius 2 is 1.92 bits per heavy atom. The van der Waals surface area contributed by atoms with Gasteiger partial charge in [-0.1, -0.05) is 11.6 Å². The number of aliphatic imine (C=N–C) groups is 1. The van der Waals surface area contributed by atoms with Gasteiger partial charge in [0.1, 0.15) is 17.3 Å². The van der Waals surface area contributed by atoms with E-state index in [1.807, 2.05) is 0 Å². The summed E-state index contributed by atoms with van der Waals surface area (Å²) in [7, 11) is 4.75. The Bertz CT molecular complexity index is 1230. The fraction of sp³-hybridized carbons (Fsp3) is 0.480. The van der Waals surface area contributed by atoms with E-state index in [9.17, 15) is 27.5 Å². The molecule has 208 valence electrons. The number of aromatic nitrogens is 2. The van der Waals surface area contributed by atoms with Crippen LogP contribution in [0.1, 0.15) is 47.7 Å². The van der Waals surface area contributed by atoms with E-state index in [0.717, 1.165) is 11.9 Å². The largest absolute Gasteiger partial charge is 0.431 e. The molecule has 6 N–H and O–H groups in total. The highest BCUT2D eigenvalue weighted by molar-refractivity contribution is 6.31. The molecule has 1 aromatic carbocycles. The van der Waals surface area contributed by atoms with E-state index in [2.05, 4.69) is 15.4 Å². The molecule has 2 atom stereocenters. The lowest BCUT2D eigenvalue weighted by molar-refractivity contribution is -0.0952. The number of benzene rings is 1. The maximum absolute atomic E-state index is 13.1. The van der Waals surface area contributed by atoms with Gasteiger partial charge in [-0.05, 0) is 55.7 Å². The van der Waals surface area contributed by atoms with Crippen molar-refractivity contribution in [3.05, 3.63) is 51.6 Å². The Hall–Kier alpha value is -3.12. The number of halogens is 5. The summed E-state index contributed by atoms with van der Waals surface area (Å²) in [6.45, 7) is 0. The first-order valence-electron chi connectivity index (χ1n) is 11.9. The van der Waals surface area contributed by atoms with Gasteiger partial charge in [-0.15, -0.1) is 0 Å². The molecule has 4 rings (SSSR count). The molecule has 2 fully saturated rings. The van der Waals surface area contributed by atoms with E-state index in [0.29, 0.717) is 36.2 Å². The Balaban J connectivity index is 0.000000336. The summed E-state index contributed by atoms with van der Waals surface area (Å²) >= 11 is 5.48. The summed E-state index contributed by atoms with van der Waals surface area (Å²) in [4.78, 5) is 15.0. The van der Waals surface area contributed by atoms with Gasteiger partial charge in [0.15, 0.2) is 6.29 Å². The summed E-state index contributed by atoms with van der Waals surface area (Å²) in [5, 5.41) is 18.3. The van der Waals surface area contributed by atoms with E-state index in [4.69, 9.17) is 23.1 Å². The first-order chi connectivity index (χ1) is 17.7. The molecule has 2 aliphatic carbocycles. The van der Waals surface area contributed by atoms with E-state index in [-0.39, 0.29) is 47.0 Å². The van der Waals surface area contributed by atoms with Crippen LogP contribution in [0.2, 0.25) is 5.02 Å². The number of nitrogens with zero attached hydrogens (tertiary/aromatic N) is 3. The molecule has 1 heterocycles. The highest BCUT2D eigenvalue weighted by Crippen LogP contribution is 2.56. The van der Waals surface area contributed by atoms with Crippen molar-refractivity contribution in [1.82, 2.24) is 9.78 Å². The Morgan fingerprint density at radius 1 is 1.32 bits per heavy atom. The highest BCUT2D eigenvalue weighted by Gasteiger charge is 2.53. The maximum Gasteiger partial charge on any atom is 0.431 e. The number of fused-ring (bicyclic) bond motifs is 1. The lowest BCUT2D eigenvalue weighted by atomic mass is 9.86. The molecule has 13 heteroatoms. The van der Waals surface area contributed by atoms with Gasteiger partial charge < -0.3 is 21.9 Å². The predicted octanol–water partition coefficient (Wildman–Crippen LogP) is 4.45. The number of aldehydes is 1. The zero-order valence-electron chi connectivity index (χ0n) is 21.2. The minimum Gasteiger partial charge on any atom is -0.394 e. The Kier molecular flexibility index (Phi) is 8.77. The van der Waals surface area contributed by atoms with Crippen LogP contribution in [0.25, 0.3) is 0 Å². The zero-order chi connectivity index (χ0) is 28.4. The van der Waals surface area contributed by atoms with Crippen LogP contribution in [0.4, 0.5) is 29.1 Å². The van der Waals surface area contributed by atoms with Crippen molar-refractivity contribution in [3.8, 4) is 0 Å². The van der Waals surface area contributed by atoms with Crippen LogP contribution >= 0.6 is 11.6 Å². The van der Waals surface area contributed by atoms with Crippen LogP contribution in [-0.4, -0.2) is 53.3 Å². The first-order valence-corrected chi connectivity index (χ1v) is 12.3. The number of hydrogen-bond acceptors (Lipinski definition) is 7. The number of carbonyl (C=O) groups excluding carboxylic acids is 1. The lowest BCUT2D eigenvalue weighted by Crippen LogP contribution is -2.36. The van der Waals surface area contributed by atoms with Crippen LogP contribution in [0.15, 0.2) is 34.5 Å². The number of anilines is 2. The van der Waals surface area contributed by atoms with Crippen LogP contribution in [-0.2, 0) is 7.05 Å². The average Bonchev–Trinajstić information content (AvgIpc) is 3.47. The molecule has 2 aromatic rings. The normalized spacial score (nSPS) is 25.6. The quantitative estimate of drug-likeness (QED) is 0.244. The predicted molar refractivity (Wildman–Crippen MR) is 139 cm³/mol. The molecule has 2 saturated carbocycles. The fourth-order valence-electron chi connectivity index (χ4n) is 5.48. The standard InChI is InChI=1S/C18H24F3N5O2.C7H7ClFN/c1-24-7-13(15(22)18(19,20)21)17(28)5-10-3-9(4-11(10)6-17)14-12(8-27)16(23)26(2)25-14;1-10-5-2-3-7(9)6(8)4-5/h7-11,28H,3-6,22-23H2,1-2H3;2-4,10H,1H3/b15-13+,24-7?;. The number of alkyl halides is 3. The molecule has 0 amide bonds. The smallest absolute Gasteiger partial charge is 0.394 e. The van der Waals surface area contributed by atoms with Gasteiger partial charge in [-0.2, -0.15) is 18.3 Å². The highest BCUT2D eigenvalue weighted by atomic mass is 35.5. The third-order valence-electron chi connectivity index (χ3n) is 7.27. The van der Waals surface area contributed by atoms with Crippen molar-refractivity contribution >= 4 is 35.6 Å². The molecule has 0 saturated heterocycles. The van der Waals surface area contributed by atoms with Gasteiger partial charge in [0, 0.05) is 44.5 Å². The summed E-state index contributed by atoms with van der Waals surface area (Å²) in [6, 6.07) is 4.49. The molecular formula is C25H31ClF4N6O2. The van der Waals surface area contributed by atoms with Crippen LogP contribution in [0.5, 0.6) is 0 Å². The molecule has 2 unspecified atom stereocenters. The van der Waals surface area contributed by atoms with Crippen molar-refractivity contribution < 1.29 is 27.5 Å². The second-order valence-electron chi connectivity index (χ2n) is 9.65. The molecule has 0 radical (unpaired) electrons. The fourth-order valence-corrected chi connectivity index (χ4v) is 5.66. The second kappa shape index (κ2) is 11.3. The van der Waals surface area contributed by atoms with Crippen LogP contribution in [0, 0.1) is 17.7 Å². The van der Waals surface area contributed by atoms with Crippen molar-refractivity contribution in [2.24, 2.45) is 29.6 Å². The van der Waals surface area contributed by atoms with E-state index < -0.39 is 17.5 Å². The van der Waals surface area contributed by atoms with Crippen LogP contribution in [0.3, 0.4) is 0 Å². The summed E-state index contributed by atoms with van der Waals surface area (Å²) < 4.78 is 53.3. The minimum atomic E-state index is -4.74. The summed E-state index contributed by atoms with van der Waals surface area (Å²) in [6.07, 6.45) is -1.50. The minimum absolute atomic E-state index is 0.000905. The monoisotopic (exact) mass is 558 g/mol. The van der Waals surface area contributed by atoms with Crippen molar-refractivity contribution in [1.29, 1.82) is 0 Å². The number of nitrogen functional groups attached to an aromatic ring is 1. The molecule has 8 nitrogen and oxygen atoms in total. The SMILES string of the molecule is CN=C/C(=C(\N)C(F)(F)F)C1(O)CC2CC(c3nn(C)c(N)c3C=O)CC2C1.CNc1ccc(F)c(Cl)c1. The van der Waals surface area contributed by atoms with Gasteiger partial charge in [0.2, 0.25) is 0 Å². The summed E-state index contributed by atoms with van der Waals surface area (Å²) in [5.41, 5.74) is 9.63. The Morgan fingerprint density at radius 3 is 2.39 bits per heavy atom. The van der Waals surface area contributed by atoms with E-state index in [1.54, 1.807) is 20.2 Å². The summed E-state index contributed by atoms with van der Waals surface area (Å²) in [5.74, 6) is -0.116.